The Kier molecular flexibility index (Phi) is 4.53. The van der Waals surface area contributed by atoms with Crippen molar-refractivity contribution in [1.29, 1.82) is 5.39 Å². The first-order valence-corrected chi connectivity index (χ1v) is 9.38. The molecule has 1 N–H and O–H groups in total. The van der Waals surface area contributed by atoms with Gasteiger partial charge in [0.1, 0.15) is 10.6 Å². The van der Waals surface area contributed by atoms with E-state index in [1.807, 2.05) is 26.0 Å². The van der Waals surface area contributed by atoms with Gasteiger partial charge >= 0.3 is 15.8 Å². The van der Waals surface area contributed by atoms with Gasteiger partial charge in [0.15, 0.2) is 4.98 Å². The monoisotopic (exact) mass is 369 g/mol. The summed E-state index contributed by atoms with van der Waals surface area (Å²) in [4.78, 5) is 2.89. The molecular weight excluding hydrogens is 352 g/mol. The van der Waals surface area contributed by atoms with E-state index in [0.717, 1.165) is 5.56 Å². The van der Waals surface area contributed by atoms with Crippen molar-refractivity contribution in [3.05, 3.63) is 65.1 Å². The van der Waals surface area contributed by atoms with Crippen molar-refractivity contribution in [3.8, 4) is 11.5 Å². The van der Waals surface area contributed by atoms with Crippen molar-refractivity contribution < 1.29 is 17.7 Å². The number of hydrogen-bond acceptors (Lipinski definition) is 5. The summed E-state index contributed by atoms with van der Waals surface area (Å²) in [6.07, 6.45) is 0. The molecule has 0 spiro atoms. The van der Waals surface area contributed by atoms with E-state index < -0.39 is 10.1 Å². The summed E-state index contributed by atoms with van der Waals surface area (Å²) in [6.45, 7) is 4.09. The van der Waals surface area contributed by atoms with Gasteiger partial charge in [0, 0.05) is 16.8 Å². The highest BCUT2D eigenvalue weighted by atomic mass is 32.2. The van der Waals surface area contributed by atoms with Crippen LogP contribution < -0.4 is 4.18 Å². The first kappa shape index (κ1) is 17.7. The van der Waals surface area contributed by atoms with E-state index >= 15 is 0 Å². The van der Waals surface area contributed by atoms with Crippen molar-refractivity contribution in [2.45, 2.75) is 24.7 Å². The Morgan fingerprint density at radius 1 is 1.00 bits per heavy atom. The second kappa shape index (κ2) is 6.65. The van der Waals surface area contributed by atoms with Crippen LogP contribution in [-0.4, -0.2) is 13.5 Å². The molecule has 7 heteroatoms. The summed E-state index contributed by atoms with van der Waals surface area (Å²) in [6, 6.07) is 14.1. The van der Waals surface area contributed by atoms with Gasteiger partial charge in [0.25, 0.3) is 0 Å². The van der Waals surface area contributed by atoms with E-state index in [9.17, 15) is 13.5 Å². The van der Waals surface area contributed by atoms with E-state index in [-0.39, 0.29) is 32.9 Å². The maximum atomic E-state index is 12.7. The molecule has 0 fully saturated rings. The van der Waals surface area contributed by atoms with Crippen LogP contribution in [0.2, 0.25) is 0 Å². The van der Waals surface area contributed by atoms with Gasteiger partial charge in [-0.2, -0.15) is 8.42 Å². The van der Waals surface area contributed by atoms with Gasteiger partial charge in [0.2, 0.25) is 11.1 Å². The summed E-state index contributed by atoms with van der Waals surface area (Å²) in [7, 11) is -4.11. The molecular formula is C19H17N2O4S+. The van der Waals surface area contributed by atoms with Gasteiger partial charge in [0.05, 0.1) is 0 Å². The highest BCUT2D eigenvalue weighted by Crippen LogP contribution is 2.37. The molecule has 3 rings (SSSR count). The highest BCUT2D eigenvalue weighted by Gasteiger charge is 2.24. The minimum absolute atomic E-state index is 0.0442. The van der Waals surface area contributed by atoms with Crippen LogP contribution in [-0.2, 0) is 10.1 Å². The molecule has 0 aliphatic carbocycles. The lowest BCUT2D eigenvalue weighted by Gasteiger charge is -2.11. The molecule has 3 aromatic rings. The Balaban J connectivity index is 2.05. The molecule has 0 aromatic heterocycles. The summed E-state index contributed by atoms with van der Waals surface area (Å²) >= 11 is 0. The summed E-state index contributed by atoms with van der Waals surface area (Å²) in [5.74, 6) is 0.230. The molecule has 0 aliphatic rings. The first-order valence-electron chi connectivity index (χ1n) is 7.97. The lowest BCUT2D eigenvalue weighted by atomic mass is 10.0. The molecule has 0 radical (unpaired) electrons. The predicted molar refractivity (Wildman–Crippen MR) is 98.7 cm³/mol. The Hall–Kier alpha value is -3.11. The third-order valence-electron chi connectivity index (χ3n) is 4.10. The number of rotatable bonds is 4. The number of hydrogen-bond donors (Lipinski definition) is 1. The fraction of sp³-hybridized carbons (Fsp3) is 0.158. The number of fused-ring (bicyclic) bond motifs is 1. The normalized spacial score (nSPS) is 11.5. The van der Waals surface area contributed by atoms with Gasteiger partial charge in [-0.3, -0.25) is 0 Å². The quantitative estimate of drug-likeness (QED) is 0.520. The maximum absolute atomic E-state index is 12.7. The van der Waals surface area contributed by atoms with Crippen LogP contribution in [0.15, 0.2) is 59.5 Å². The van der Waals surface area contributed by atoms with Crippen LogP contribution >= 0.6 is 0 Å². The first-order chi connectivity index (χ1) is 12.3. The van der Waals surface area contributed by atoms with Crippen LogP contribution in [0.1, 0.15) is 25.3 Å². The lowest BCUT2D eigenvalue weighted by molar-refractivity contribution is 0.484. The number of phenols is 1. The smallest absolute Gasteiger partial charge is 0.426 e. The second-order valence-electron chi connectivity index (χ2n) is 6.15. The molecule has 0 bridgehead atoms. The van der Waals surface area contributed by atoms with E-state index in [1.54, 1.807) is 12.1 Å². The molecule has 0 amide bonds. The van der Waals surface area contributed by atoms with Crippen molar-refractivity contribution in [3.63, 3.8) is 0 Å². The minimum atomic E-state index is -4.11. The van der Waals surface area contributed by atoms with E-state index in [2.05, 4.69) is 4.98 Å². The van der Waals surface area contributed by atoms with Crippen molar-refractivity contribution in [2.75, 3.05) is 0 Å². The summed E-state index contributed by atoms with van der Waals surface area (Å²) < 4.78 is 30.7. The zero-order valence-corrected chi connectivity index (χ0v) is 15.1. The fourth-order valence-corrected chi connectivity index (χ4v) is 3.83. The van der Waals surface area contributed by atoms with Gasteiger partial charge in [-0.05, 0) is 35.7 Å². The molecule has 132 valence electrons. The summed E-state index contributed by atoms with van der Waals surface area (Å²) in [5, 5.41) is 19.5. The van der Waals surface area contributed by atoms with Crippen LogP contribution in [0.4, 0.5) is 5.69 Å². The molecule has 0 aliphatic heterocycles. The van der Waals surface area contributed by atoms with Crippen LogP contribution in [0, 0.1) is 5.39 Å². The van der Waals surface area contributed by atoms with Gasteiger partial charge in [-0.15, -0.1) is 0 Å². The molecule has 0 saturated carbocycles. The van der Waals surface area contributed by atoms with E-state index in [4.69, 9.17) is 9.58 Å². The number of aromatic hydroxyl groups is 1. The molecule has 6 nitrogen and oxygen atoms in total. The van der Waals surface area contributed by atoms with Crippen LogP contribution in [0.25, 0.3) is 15.7 Å². The third-order valence-corrected chi connectivity index (χ3v) is 5.41. The number of phenolic OH excluding ortho intramolecular Hbond substituents is 1. The number of nitrogens with zero attached hydrogens (tertiary/aromatic N) is 2. The topological polar surface area (TPSA) is 91.8 Å². The zero-order valence-electron chi connectivity index (χ0n) is 14.2. The Bertz CT molecular complexity index is 1110. The van der Waals surface area contributed by atoms with E-state index in [1.165, 1.54) is 30.3 Å². The second-order valence-corrected chi connectivity index (χ2v) is 7.66. The fourth-order valence-electron chi connectivity index (χ4n) is 2.68. The average molecular weight is 369 g/mol. The van der Waals surface area contributed by atoms with Crippen LogP contribution in [0.3, 0.4) is 0 Å². The molecule has 26 heavy (non-hydrogen) atoms. The average Bonchev–Trinajstić information content (AvgIpc) is 2.62. The standard InChI is InChI=1S/C19H16N2O4S/c1-12(2)13-6-8-14(9-7-13)25-26(23,24)18-5-3-4-16-15(18)10-11-17(21-20)19(16)22/h3-12H,1-2H3/p+1. The highest BCUT2D eigenvalue weighted by molar-refractivity contribution is 7.87. The number of diazo groups is 1. The van der Waals surface area contributed by atoms with Gasteiger partial charge in [-0.1, -0.05) is 38.1 Å². The van der Waals surface area contributed by atoms with Crippen molar-refractivity contribution in [1.82, 2.24) is 0 Å². The predicted octanol–water partition coefficient (Wildman–Crippen LogP) is 4.92. The molecule has 0 atom stereocenters. The van der Waals surface area contributed by atoms with Gasteiger partial charge < -0.3 is 9.29 Å². The molecule has 0 saturated heterocycles. The molecule has 3 aromatic carbocycles. The van der Waals surface area contributed by atoms with Crippen molar-refractivity contribution >= 4 is 26.6 Å². The summed E-state index contributed by atoms with van der Waals surface area (Å²) in [5.41, 5.74) is 1.03. The Morgan fingerprint density at radius 3 is 2.31 bits per heavy atom. The van der Waals surface area contributed by atoms with Gasteiger partial charge in [-0.25, -0.2) is 0 Å². The number of benzene rings is 3. The molecule has 0 heterocycles. The molecule has 0 unspecified atom stereocenters. The lowest BCUT2D eigenvalue weighted by Crippen LogP contribution is -2.10. The zero-order chi connectivity index (χ0) is 18.9. The SMILES string of the molecule is CC(C)c1ccc(OS(=O)(=O)c2cccc3c(O)c([N+]#N)ccc23)cc1. The van der Waals surface area contributed by atoms with Crippen LogP contribution in [0.5, 0.6) is 11.5 Å². The van der Waals surface area contributed by atoms with Crippen molar-refractivity contribution in [2.24, 2.45) is 0 Å². The maximum Gasteiger partial charge on any atom is 0.426 e. The largest absolute Gasteiger partial charge is 0.501 e. The Morgan fingerprint density at radius 2 is 1.69 bits per heavy atom. The minimum Gasteiger partial charge on any atom is -0.501 e. The van der Waals surface area contributed by atoms with E-state index in [0.29, 0.717) is 5.92 Å². The third kappa shape index (κ3) is 3.19. The Labute approximate surface area is 151 Å².